The molecule has 0 saturated heterocycles. The van der Waals surface area contributed by atoms with Gasteiger partial charge in [-0.25, -0.2) is 0 Å². The van der Waals surface area contributed by atoms with Gasteiger partial charge in [0.05, 0.1) is 0 Å². The number of ether oxygens (including phenoxy) is 1. The lowest BCUT2D eigenvalue weighted by molar-refractivity contribution is -0.173. The van der Waals surface area contributed by atoms with Crippen LogP contribution < -0.4 is 0 Å². The topological polar surface area (TPSA) is 9.23 Å². The van der Waals surface area contributed by atoms with Crippen LogP contribution in [0.2, 0.25) is 0 Å². The molecule has 0 radical (unpaired) electrons. The maximum absolute atomic E-state index is 11.6. The third-order valence-electron chi connectivity index (χ3n) is 1.32. The van der Waals surface area contributed by atoms with Crippen molar-refractivity contribution in [2.75, 3.05) is 24.8 Å². The SMILES string of the molecule is CC(CCl)SCCCOCC(F)(F)F. The molecule has 0 rings (SSSR count). The van der Waals surface area contributed by atoms with Gasteiger partial charge in [-0.2, -0.15) is 24.9 Å². The number of hydrogen-bond donors (Lipinski definition) is 0. The molecule has 0 amide bonds. The summed E-state index contributed by atoms with van der Waals surface area (Å²) < 4.78 is 39.2. The minimum absolute atomic E-state index is 0.154. The van der Waals surface area contributed by atoms with Crippen molar-refractivity contribution in [2.24, 2.45) is 0 Å². The quantitative estimate of drug-likeness (QED) is 0.506. The van der Waals surface area contributed by atoms with Crippen molar-refractivity contribution in [3.05, 3.63) is 0 Å². The van der Waals surface area contributed by atoms with Gasteiger partial charge in [-0.3, -0.25) is 0 Å². The van der Waals surface area contributed by atoms with Crippen molar-refractivity contribution in [3.8, 4) is 0 Å². The zero-order valence-corrected chi connectivity index (χ0v) is 9.51. The fourth-order valence-corrected chi connectivity index (χ4v) is 1.72. The molecule has 0 aliphatic rings. The van der Waals surface area contributed by atoms with Crippen LogP contribution in [0.3, 0.4) is 0 Å². The van der Waals surface area contributed by atoms with Gasteiger partial charge in [0.15, 0.2) is 0 Å². The summed E-state index contributed by atoms with van der Waals surface area (Å²) in [5, 5.41) is 0.347. The van der Waals surface area contributed by atoms with Crippen LogP contribution in [-0.2, 0) is 4.74 Å². The van der Waals surface area contributed by atoms with Crippen molar-refractivity contribution in [2.45, 2.75) is 24.8 Å². The predicted octanol–water partition coefficient (Wildman–Crippen LogP) is 3.32. The summed E-state index contributed by atoms with van der Waals surface area (Å²) in [7, 11) is 0. The number of hydrogen-bond acceptors (Lipinski definition) is 2. The van der Waals surface area contributed by atoms with E-state index in [1.54, 1.807) is 11.8 Å². The first-order chi connectivity index (χ1) is 6.45. The molecule has 0 aromatic carbocycles. The Balaban J connectivity index is 3.14. The summed E-state index contributed by atoms with van der Waals surface area (Å²) in [6, 6.07) is 0. The highest BCUT2D eigenvalue weighted by molar-refractivity contribution is 7.99. The lowest BCUT2D eigenvalue weighted by Crippen LogP contribution is -2.17. The van der Waals surface area contributed by atoms with Gasteiger partial charge in [-0.05, 0) is 12.2 Å². The molecule has 0 N–H and O–H groups in total. The van der Waals surface area contributed by atoms with E-state index in [0.29, 0.717) is 17.6 Å². The number of thioether (sulfide) groups is 1. The van der Waals surface area contributed by atoms with Gasteiger partial charge in [-0.1, -0.05) is 6.92 Å². The minimum atomic E-state index is -4.21. The Hall–Kier alpha value is 0.390. The van der Waals surface area contributed by atoms with Crippen molar-refractivity contribution < 1.29 is 17.9 Å². The number of halogens is 4. The van der Waals surface area contributed by atoms with Crippen LogP contribution in [-0.4, -0.2) is 36.3 Å². The second-order valence-electron chi connectivity index (χ2n) is 2.86. The Labute approximate surface area is 91.3 Å². The second-order valence-corrected chi connectivity index (χ2v) is 4.71. The van der Waals surface area contributed by atoms with E-state index in [0.717, 1.165) is 5.75 Å². The minimum Gasteiger partial charge on any atom is -0.372 e. The van der Waals surface area contributed by atoms with Crippen LogP contribution in [0.15, 0.2) is 0 Å². The fourth-order valence-electron chi connectivity index (χ4n) is 0.678. The van der Waals surface area contributed by atoms with E-state index in [1.165, 1.54) is 0 Å². The Bertz CT molecular complexity index is 143. The van der Waals surface area contributed by atoms with Crippen LogP contribution in [0.5, 0.6) is 0 Å². The molecule has 0 fully saturated rings. The molecule has 6 heteroatoms. The molecule has 0 heterocycles. The van der Waals surface area contributed by atoms with Crippen molar-refractivity contribution in [1.82, 2.24) is 0 Å². The summed E-state index contributed by atoms with van der Waals surface area (Å²) in [5.74, 6) is 1.35. The van der Waals surface area contributed by atoms with E-state index in [9.17, 15) is 13.2 Å². The lowest BCUT2D eigenvalue weighted by Gasteiger charge is -2.08. The molecule has 0 spiro atoms. The zero-order valence-electron chi connectivity index (χ0n) is 7.94. The smallest absolute Gasteiger partial charge is 0.372 e. The number of alkyl halides is 4. The lowest BCUT2D eigenvalue weighted by atomic mass is 10.5. The summed E-state index contributed by atoms with van der Waals surface area (Å²) in [4.78, 5) is 0. The third-order valence-corrected chi connectivity index (χ3v) is 3.22. The molecule has 0 saturated carbocycles. The van der Waals surface area contributed by atoms with Crippen molar-refractivity contribution >= 4 is 23.4 Å². The first-order valence-electron chi connectivity index (χ1n) is 4.28. The first-order valence-corrected chi connectivity index (χ1v) is 5.86. The van der Waals surface area contributed by atoms with E-state index < -0.39 is 12.8 Å². The fraction of sp³-hybridized carbons (Fsp3) is 1.00. The van der Waals surface area contributed by atoms with Crippen LogP contribution in [0.1, 0.15) is 13.3 Å². The molecule has 0 aromatic rings. The van der Waals surface area contributed by atoms with Gasteiger partial charge in [-0.15, -0.1) is 11.6 Å². The van der Waals surface area contributed by atoms with Gasteiger partial charge >= 0.3 is 6.18 Å². The highest BCUT2D eigenvalue weighted by atomic mass is 35.5. The normalized spacial score (nSPS) is 14.4. The molecule has 86 valence electrons. The molecule has 14 heavy (non-hydrogen) atoms. The van der Waals surface area contributed by atoms with Crippen LogP contribution >= 0.6 is 23.4 Å². The standard InChI is InChI=1S/C8H14ClF3OS/c1-7(5-9)14-4-2-3-13-6-8(10,11)12/h7H,2-6H2,1H3. The number of rotatable bonds is 7. The van der Waals surface area contributed by atoms with Gasteiger partial charge < -0.3 is 4.74 Å². The van der Waals surface area contributed by atoms with Crippen molar-refractivity contribution in [1.29, 1.82) is 0 Å². The predicted molar refractivity (Wildman–Crippen MR) is 54.1 cm³/mol. The zero-order chi connectivity index (χ0) is 11.0. The maximum Gasteiger partial charge on any atom is 0.411 e. The van der Waals surface area contributed by atoms with E-state index >= 15 is 0 Å². The van der Waals surface area contributed by atoms with E-state index in [-0.39, 0.29) is 6.61 Å². The van der Waals surface area contributed by atoms with Gasteiger partial charge in [0.2, 0.25) is 0 Å². The molecule has 0 bridgehead atoms. The van der Waals surface area contributed by atoms with Gasteiger partial charge in [0.25, 0.3) is 0 Å². The van der Waals surface area contributed by atoms with E-state index in [2.05, 4.69) is 4.74 Å². The molecular formula is C8H14ClF3OS. The summed E-state index contributed by atoms with van der Waals surface area (Å²) in [6.07, 6.45) is -3.58. The third kappa shape index (κ3) is 10.5. The van der Waals surface area contributed by atoms with E-state index in [4.69, 9.17) is 11.6 Å². The molecular weight excluding hydrogens is 237 g/mol. The summed E-state index contributed by atoms with van der Waals surface area (Å²) in [6.45, 7) is 0.985. The van der Waals surface area contributed by atoms with Gasteiger partial charge in [0.1, 0.15) is 6.61 Å². The monoisotopic (exact) mass is 250 g/mol. The molecule has 1 unspecified atom stereocenters. The summed E-state index contributed by atoms with van der Waals surface area (Å²) in [5.41, 5.74) is 0. The Morgan fingerprint density at radius 3 is 2.57 bits per heavy atom. The van der Waals surface area contributed by atoms with Gasteiger partial charge in [0, 0.05) is 17.7 Å². The Morgan fingerprint density at radius 1 is 1.43 bits per heavy atom. The molecule has 0 aliphatic heterocycles. The van der Waals surface area contributed by atoms with Crippen LogP contribution in [0.25, 0.3) is 0 Å². The highest BCUT2D eigenvalue weighted by Gasteiger charge is 2.27. The second kappa shape index (κ2) is 7.65. The molecule has 1 nitrogen and oxygen atoms in total. The average Bonchev–Trinajstić information content (AvgIpc) is 2.08. The highest BCUT2D eigenvalue weighted by Crippen LogP contribution is 2.15. The molecule has 0 aromatic heterocycles. The summed E-state index contributed by atoms with van der Waals surface area (Å²) >= 11 is 7.19. The van der Waals surface area contributed by atoms with Crippen molar-refractivity contribution in [3.63, 3.8) is 0 Å². The first kappa shape index (κ1) is 14.4. The average molecular weight is 251 g/mol. The molecule has 1 atom stereocenters. The maximum atomic E-state index is 11.6. The van der Waals surface area contributed by atoms with Crippen LogP contribution in [0, 0.1) is 0 Å². The van der Waals surface area contributed by atoms with E-state index in [1.807, 2.05) is 6.92 Å². The molecule has 0 aliphatic carbocycles. The Kier molecular flexibility index (Phi) is 7.86. The Morgan fingerprint density at radius 2 is 2.07 bits per heavy atom. The van der Waals surface area contributed by atoms with Crippen LogP contribution in [0.4, 0.5) is 13.2 Å². The largest absolute Gasteiger partial charge is 0.411 e.